The SMILES string of the molecule is COc1cccc(CCN=C(N)N2CCN(c3ccc(Cl)cc3)CC2)c1O. The Morgan fingerprint density at radius 1 is 1.15 bits per heavy atom. The molecule has 1 aliphatic heterocycles. The van der Waals surface area contributed by atoms with Gasteiger partial charge in [0, 0.05) is 43.4 Å². The van der Waals surface area contributed by atoms with Crippen molar-refractivity contribution in [3.63, 3.8) is 0 Å². The molecule has 0 amide bonds. The molecule has 0 atom stereocenters. The Morgan fingerprint density at radius 3 is 2.52 bits per heavy atom. The molecule has 144 valence electrons. The Labute approximate surface area is 164 Å². The van der Waals surface area contributed by atoms with E-state index in [0.717, 1.165) is 36.8 Å². The van der Waals surface area contributed by atoms with Crippen LogP contribution in [-0.4, -0.2) is 55.8 Å². The van der Waals surface area contributed by atoms with E-state index < -0.39 is 0 Å². The maximum absolute atomic E-state index is 10.1. The number of phenols is 1. The summed E-state index contributed by atoms with van der Waals surface area (Å²) in [6, 6.07) is 13.4. The predicted octanol–water partition coefficient (Wildman–Crippen LogP) is 2.73. The summed E-state index contributed by atoms with van der Waals surface area (Å²) in [6.07, 6.45) is 0.606. The van der Waals surface area contributed by atoms with Crippen LogP contribution in [0.15, 0.2) is 47.5 Å². The van der Waals surface area contributed by atoms with Crippen LogP contribution in [0.1, 0.15) is 5.56 Å². The minimum atomic E-state index is 0.172. The molecule has 0 unspecified atom stereocenters. The third-order valence-electron chi connectivity index (χ3n) is 4.75. The van der Waals surface area contributed by atoms with Crippen LogP contribution in [0.3, 0.4) is 0 Å². The third-order valence-corrected chi connectivity index (χ3v) is 5.00. The Hall–Kier alpha value is -2.60. The van der Waals surface area contributed by atoms with E-state index >= 15 is 0 Å². The molecule has 0 bridgehead atoms. The van der Waals surface area contributed by atoms with Crippen molar-refractivity contribution in [2.24, 2.45) is 10.7 Å². The van der Waals surface area contributed by atoms with Gasteiger partial charge in [-0.3, -0.25) is 4.99 Å². The third kappa shape index (κ3) is 4.77. The van der Waals surface area contributed by atoms with E-state index in [-0.39, 0.29) is 5.75 Å². The smallest absolute Gasteiger partial charge is 0.191 e. The molecule has 2 aromatic rings. The van der Waals surface area contributed by atoms with Gasteiger partial charge in [0.25, 0.3) is 0 Å². The molecule has 1 fully saturated rings. The lowest BCUT2D eigenvalue weighted by atomic mass is 10.1. The summed E-state index contributed by atoms with van der Waals surface area (Å²) in [5.41, 5.74) is 8.14. The van der Waals surface area contributed by atoms with Gasteiger partial charge in [-0.1, -0.05) is 23.7 Å². The van der Waals surface area contributed by atoms with E-state index in [1.165, 1.54) is 5.69 Å². The highest BCUT2D eigenvalue weighted by Crippen LogP contribution is 2.29. The fourth-order valence-electron chi connectivity index (χ4n) is 3.17. The molecule has 1 aliphatic rings. The number of guanidine groups is 1. The Morgan fingerprint density at radius 2 is 1.85 bits per heavy atom. The molecule has 27 heavy (non-hydrogen) atoms. The number of benzene rings is 2. The minimum absolute atomic E-state index is 0.172. The zero-order chi connectivity index (χ0) is 19.2. The summed E-state index contributed by atoms with van der Waals surface area (Å²) in [5, 5.41) is 10.9. The minimum Gasteiger partial charge on any atom is -0.504 e. The van der Waals surface area contributed by atoms with Crippen molar-refractivity contribution < 1.29 is 9.84 Å². The van der Waals surface area contributed by atoms with Gasteiger partial charge in [-0.05, 0) is 42.3 Å². The number of anilines is 1. The maximum Gasteiger partial charge on any atom is 0.191 e. The molecule has 0 spiro atoms. The second kappa shape index (κ2) is 8.86. The number of aromatic hydroxyl groups is 1. The van der Waals surface area contributed by atoms with Crippen molar-refractivity contribution in [3.8, 4) is 11.5 Å². The van der Waals surface area contributed by atoms with Gasteiger partial charge in [0.15, 0.2) is 17.5 Å². The number of hydrogen-bond donors (Lipinski definition) is 2. The van der Waals surface area contributed by atoms with Gasteiger partial charge in [0.2, 0.25) is 0 Å². The quantitative estimate of drug-likeness (QED) is 0.608. The van der Waals surface area contributed by atoms with Crippen LogP contribution >= 0.6 is 11.6 Å². The Kier molecular flexibility index (Phi) is 6.29. The van der Waals surface area contributed by atoms with E-state index in [0.29, 0.717) is 24.7 Å². The molecule has 2 aromatic carbocycles. The number of piperazine rings is 1. The van der Waals surface area contributed by atoms with Crippen LogP contribution < -0.4 is 15.4 Å². The average Bonchev–Trinajstić information content (AvgIpc) is 2.70. The molecule has 3 N–H and O–H groups in total. The van der Waals surface area contributed by atoms with Gasteiger partial charge in [0.05, 0.1) is 7.11 Å². The Balaban J connectivity index is 1.51. The predicted molar refractivity (Wildman–Crippen MR) is 110 cm³/mol. The normalized spacial score (nSPS) is 15.1. The maximum atomic E-state index is 10.1. The van der Waals surface area contributed by atoms with E-state index in [4.69, 9.17) is 22.1 Å². The zero-order valence-corrected chi connectivity index (χ0v) is 16.2. The van der Waals surface area contributed by atoms with Crippen molar-refractivity contribution in [1.82, 2.24) is 4.90 Å². The molecule has 3 rings (SSSR count). The molecule has 6 nitrogen and oxygen atoms in total. The highest BCUT2D eigenvalue weighted by atomic mass is 35.5. The summed E-state index contributed by atoms with van der Waals surface area (Å²) >= 11 is 5.95. The van der Waals surface area contributed by atoms with Crippen molar-refractivity contribution in [2.75, 3.05) is 44.7 Å². The van der Waals surface area contributed by atoms with Crippen molar-refractivity contribution >= 4 is 23.2 Å². The topological polar surface area (TPSA) is 74.3 Å². The summed E-state index contributed by atoms with van der Waals surface area (Å²) in [5.74, 6) is 1.20. The summed E-state index contributed by atoms with van der Waals surface area (Å²) < 4.78 is 5.13. The standard InChI is InChI=1S/C20H25ClN4O2/c1-27-18-4-2-3-15(19(18)26)9-10-23-20(22)25-13-11-24(12-14-25)17-7-5-16(21)6-8-17/h2-8,26H,9-14H2,1H3,(H2,22,23). The number of hydrogen-bond acceptors (Lipinski definition) is 4. The molecule has 7 heteroatoms. The molecular weight excluding hydrogens is 364 g/mol. The number of phenolic OH excluding ortho intramolecular Hbond substituents is 1. The van der Waals surface area contributed by atoms with Gasteiger partial charge in [-0.15, -0.1) is 0 Å². The number of methoxy groups -OCH3 is 1. The lowest BCUT2D eigenvalue weighted by Gasteiger charge is -2.36. The van der Waals surface area contributed by atoms with Gasteiger partial charge >= 0.3 is 0 Å². The monoisotopic (exact) mass is 388 g/mol. The second-order valence-corrected chi connectivity index (χ2v) is 6.84. The fourth-order valence-corrected chi connectivity index (χ4v) is 3.30. The van der Waals surface area contributed by atoms with E-state index in [1.54, 1.807) is 13.2 Å². The summed E-state index contributed by atoms with van der Waals surface area (Å²) in [4.78, 5) is 8.89. The lowest BCUT2D eigenvalue weighted by molar-refractivity contribution is 0.370. The van der Waals surface area contributed by atoms with Crippen molar-refractivity contribution in [1.29, 1.82) is 0 Å². The first-order valence-corrected chi connectivity index (χ1v) is 9.36. The summed E-state index contributed by atoms with van der Waals surface area (Å²) in [7, 11) is 1.54. The van der Waals surface area contributed by atoms with E-state index in [2.05, 4.69) is 14.8 Å². The van der Waals surface area contributed by atoms with Crippen LogP contribution in [0, 0.1) is 0 Å². The fraction of sp³-hybridized carbons (Fsp3) is 0.350. The molecule has 1 saturated heterocycles. The number of para-hydroxylation sites is 1. The van der Waals surface area contributed by atoms with Gasteiger partial charge in [-0.2, -0.15) is 0 Å². The second-order valence-electron chi connectivity index (χ2n) is 6.41. The summed E-state index contributed by atoms with van der Waals surface area (Å²) in [6.45, 7) is 3.93. The number of nitrogens with zero attached hydrogens (tertiary/aromatic N) is 3. The van der Waals surface area contributed by atoms with Crippen molar-refractivity contribution in [2.45, 2.75) is 6.42 Å². The average molecular weight is 389 g/mol. The number of halogens is 1. The molecule has 0 aliphatic carbocycles. The van der Waals surface area contributed by atoms with Gasteiger partial charge in [0.1, 0.15) is 0 Å². The van der Waals surface area contributed by atoms with Crippen LogP contribution in [0.2, 0.25) is 5.02 Å². The molecule has 0 aromatic heterocycles. The van der Waals surface area contributed by atoms with Gasteiger partial charge in [-0.25, -0.2) is 0 Å². The van der Waals surface area contributed by atoms with E-state index in [1.807, 2.05) is 36.4 Å². The first-order valence-electron chi connectivity index (χ1n) is 8.98. The van der Waals surface area contributed by atoms with Crippen LogP contribution in [0.5, 0.6) is 11.5 Å². The number of aliphatic imine (C=N–C) groups is 1. The largest absolute Gasteiger partial charge is 0.504 e. The van der Waals surface area contributed by atoms with Crippen LogP contribution in [0.4, 0.5) is 5.69 Å². The van der Waals surface area contributed by atoms with Crippen molar-refractivity contribution in [3.05, 3.63) is 53.1 Å². The molecule has 1 heterocycles. The Bertz CT molecular complexity index is 787. The highest BCUT2D eigenvalue weighted by molar-refractivity contribution is 6.30. The lowest BCUT2D eigenvalue weighted by Crippen LogP contribution is -2.51. The first kappa shape index (κ1) is 19.2. The number of nitrogens with two attached hydrogens (primary N) is 1. The molecule has 0 radical (unpaired) electrons. The first-order chi connectivity index (χ1) is 13.1. The van der Waals surface area contributed by atoms with Crippen LogP contribution in [0.25, 0.3) is 0 Å². The number of rotatable bonds is 5. The van der Waals surface area contributed by atoms with E-state index in [9.17, 15) is 5.11 Å². The van der Waals surface area contributed by atoms with Gasteiger partial charge < -0.3 is 25.4 Å². The molecule has 0 saturated carbocycles. The highest BCUT2D eigenvalue weighted by Gasteiger charge is 2.18. The zero-order valence-electron chi connectivity index (χ0n) is 15.4. The molecular formula is C20H25ClN4O2. The van der Waals surface area contributed by atoms with Crippen LogP contribution in [-0.2, 0) is 6.42 Å². The number of ether oxygens (including phenoxy) is 1.